The Bertz CT molecular complexity index is 1630. The fraction of sp³-hybridized carbons (Fsp3) is 0.405. The van der Waals surface area contributed by atoms with Gasteiger partial charge in [-0.05, 0) is 66.0 Å². The molecule has 3 atom stereocenters. The number of amides is 1. The molecule has 50 heavy (non-hydrogen) atoms. The molecule has 8 heteroatoms. The van der Waals surface area contributed by atoms with E-state index in [9.17, 15) is 19.5 Å². The quantitative estimate of drug-likeness (QED) is 0.106. The van der Waals surface area contributed by atoms with Crippen LogP contribution < -0.4 is 5.32 Å². The molecule has 266 valence electrons. The highest BCUT2D eigenvalue weighted by atomic mass is 16.6. The van der Waals surface area contributed by atoms with Gasteiger partial charge in [-0.2, -0.15) is 0 Å². The van der Waals surface area contributed by atoms with Crippen LogP contribution in [0, 0.1) is 11.3 Å². The average molecular weight is 682 g/mol. The van der Waals surface area contributed by atoms with Crippen LogP contribution in [0.5, 0.6) is 0 Å². The van der Waals surface area contributed by atoms with E-state index in [1.807, 2.05) is 88.4 Å². The molecule has 1 aliphatic rings. The molecule has 0 heterocycles. The third-order valence-electron chi connectivity index (χ3n) is 8.37. The number of alkyl carbamates (subject to hydrolysis) is 1. The maximum absolute atomic E-state index is 13.8. The highest BCUT2D eigenvalue weighted by Crippen LogP contribution is 2.44. The van der Waals surface area contributed by atoms with Crippen molar-refractivity contribution in [1.29, 1.82) is 0 Å². The number of aliphatic hydroxyl groups excluding tert-OH is 1. The summed E-state index contributed by atoms with van der Waals surface area (Å²) < 4.78 is 17.3. The largest absolute Gasteiger partial charge is 0.460 e. The molecule has 2 N–H and O–H groups in total. The summed E-state index contributed by atoms with van der Waals surface area (Å²) in [7, 11) is 0. The summed E-state index contributed by atoms with van der Waals surface area (Å²) in [5.74, 6) is -1.45. The third-order valence-corrected chi connectivity index (χ3v) is 8.37. The minimum atomic E-state index is -0.967. The highest BCUT2D eigenvalue weighted by molar-refractivity contribution is 5.83. The maximum atomic E-state index is 13.8. The Balaban J connectivity index is 1.48. The number of esters is 2. The Hall–Kier alpha value is -4.69. The lowest BCUT2D eigenvalue weighted by molar-refractivity contribution is -0.153. The molecule has 1 aliphatic carbocycles. The van der Waals surface area contributed by atoms with Crippen molar-refractivity contribution in [2.24, 2.45) is 11.3 Å². The predicted molar refractivity (Wildman–Crippen MR) is 196 cm³/mol. The zero-order valence-corrected chi connectivity index (χ0v) is 30.3. The topological polar surface area (TPSA) is 111 Å². The van der Waals surface area contributed by atoms with Crippen molar-refractivity contribution < 1.29 is 33.7 Å². The summed E-state index contributed by atoms with van der Waals surface area (Å²) in [5, 5.41) is 12.2. The summed E-state index contributed by atoms with van der Waals surface area (Å²) in [5.41, 5.74) is 5.22. The summed E-state index contributed by atoms with van der Waals surface area (Å²) in [4.78, 5) is 39.5. The van der Waals surface area contributed by atoms with Crippen LogP contribution in [0.2, 0.25) is 0 Å². The fourth-order valence-electron chi connectivity index (χ4n) is 5.94. The molecule has 0 saturated heterocycles. The summed E-state index contributed by atoms with van der Waals surface area (Å²) in [6.07, 6.45) is 6.06. The number of hydrogen-bond donors (Lipinski definition) is 2. The number of benzene rings is 3. The monoisotopic (exact) mass is 681 g/mol. The molecule has 0 spiro atoms. The van der Waals surface area contributed by atoms with Gasteiger partial charge in [-0.15, -0.1) is 0 Å². The van der Waals surface area contributed by atoms with E-state index in [1.54, 1.807) is 26.8 Å². The Kier molecular flexibility index (Phi) is 12.8. The number of carbonyl (C=O) groups is 3. The smallest absolute Gasteiger partial charge is 0.407 e. The van der Waals surface area contributed by atoms with Gasteiger partial charge < -0.3 is 24.6 Å². The number of nitrogens with one attached hydrogen (secondary N) is 1. The van der Waals surface area contributed by atoms with E-state index < -0.39 is 35.8 Å². The van der Waals surface area contributed by atoms with Crippen molar-refractivity contribution in [3.63, 3.8) is 0 Å². The van der Waals surface area contributed by atoms with Gasteiger partial charge in [-0.25, -0.2) is 14.4 Å². The summed E-state index contributed by atoms with van der Waals surface area (Å²) >= 11 is 0. The first-order chi connectivity index (χ1) is 23.6. The molecule has 3 aromatic rings. The molecule has 3 aromatic carbocycles. The number of ether oxygens (including phenoxy) is 3. The van der Waals surface area contributed by atoms with Gasteiger partial charge in [0.15, 0.2) is 0 Å². The van der Waals surface area contributed by atoms with Crippen LogP contribution in [-0.2, 0) is 30.4 Å². The minimum absolute atomic E-state index is 0.0395. The van der Waals surface area contributed by atoms with Gasteiger partial charge in [0.05, 0.1) is 6.61 Å². The molecule has 0 saturated carbocycles. The van der Waals surface area contributed by atoms with Crippen LogP contribution in [-0.4, -0.2) is 47.5 Å². The van der Waals surface area contributed by atoms with Crippen molar-refractivity contribution >= 4 is 24.1 Å². The van der Waals surface area contributed by atoms with E-state index in [1.165, 1.54) is 6.08 Å². The second-order valence-electron chi connectivity index (χ2n) is 15.1. The van der Waals surface area contributed by atoms with Crippen molar-refractivity contribution in [2.75, 3.05) is 6.61 Å². The number of aliphatic hydroxyl groups is 1. The molecule has 4 rings (SSSR count). The zero-order valence-electron chi connectivity index (χ0n) is 30.3. The number of rotatable bonds is 13. The summed E-state index contributed by atoms with van der Waals surface area (Å²) in [6.45, 7) is 13.4. The van der Waals surface area contributed by atoms with E-state index in [-0.39, 0.29) is 36.9 Å². The van der Waals surface area contributed by atoms with Crippen LogP contribution in [0.3, 0.4) is 0 Å². The summed E-state index contributed by atoms with van der Waals surface area (Å²) in [6, 6.07) is 22.7. The van der Waals surface area contributed by atoms with Crippen molar-refractivity contribution in [3.05, 3.63) is 113 Å². The van der Waals surface area contributed by atoms with Gasteiger partial charge in [-0.1, -0.05) is 119 Å². The molecule has 0 bridgehead atoms. The van der Waals surface area contributed by atoms with Crippen LogP contribution >= 0.6 is 0 Å². The first-order valence-corrected chi connectivity index (χ1v) is 17.2. The van der Waals surface area contributed by atoms with Gasteiger partial charge in [0, 0.05) is 24.3 Å². The second-order valence-corrected chi connectivity index (χ2v) is 15.1. The van der Waals surface area contributed by atoms with Crippen LogP contribution in [0.4, 0.5) is 4.79 Å². The van der Waals surface area contributed by atoms with Gasteiger partial charge in [-0.3, -0.25) is 0 Å². The Morgan fingerprint density at radius 3 is 2.04 bits per heavy atom. The highest BCUT2D eigenvalue weighted by Gasteiger charge is 2.33. The van der Waals surface area contributed by atoms with E-state index in [0.717, 1.165) is 33.4 Å². The Morgan fingerprint density at radius 2 is 1.48 bits per heavy atom. The normalized spacial score (nSPS) is 14.9. The lowest BCUT2D eigenvalue weighted by Gasteiger charge is -2.28. The second kappa shape index (κ2) is 16.8. The molecule has 0 radical (unpaired) electrons. The third kappa shape index (κ3) is 11.2. The molecule has 1 unspecified atom stereocenters. The molecule has 0 aromatic heterocycles. The molecule has 0 fully saturated rings. The molecule has 8 nitrogen and oxygen atoms in total. The molecular formula is C42H51NO7. The van der Waals surface area contributed by atoms with E-state index in [4.69, 9.17) is 14.2 Å². The van der Waals surface area contributed by atoms with E-state index in [2.05, 4.69) is 29.6 Å². The lowest BCUT2D eigenvalue weighted by Crippen LogP contribution is -2.46. The first kappa shape index (κ1) is 38.1. The Labute approximate surface area is 296 Å². The maximum Gasteiger partial charge on any atom is 0.407 e. The minimum Gasteiger partial charge on any atom is -0.460 e. The van der Waals surface area contributed by atoms with Crippen molar-refractivity contribution in [3.8, 4) is 11.1 Å². The fourth-order valence-corrected chi connectivity index (χ4v) is 5.94. The van der Waals surface area contributed by atoms with Gasteiger partial charge in [0.1, 0.15) is 24.4 Å². The molecule has 1 amide bonds. The van der Waals surface area contributed by atoms with E-state index >= 15 is 0 Å². The van der Waals surface area contributed by atoms with E-state index in [0.29, 0.717) is 6.42 Å². The van der Waals surface area contributed by atoms with Crippen LogP contribution in [0.25, 0.3) is 17.2 Å². The Morgan fingerprint density at radius 1 is 0.880 bits per heavy atom. The van der Waals surface area contributed by atoms with Crippen LogP contribution in [0.1, 0.15) is 89.5 Å². The average Bonchev–Trinajstić information content (AvgIpc) is 3.37. The number of carbonyl (C=O) groups excluding carboxylic acids is 3. The van der Waals surface area contributed by atoms with Gasteiger partial charge in [0.2, 0.25) is 0 Å². The number of hydrogen-bond acceptors (Lipinski definition) is 7. The SMILES string of the molecule is C[C@H](/C=C/c1ccc(CO)cc1)[C@H](C/C=C/C(=O)OC(C)(C)C)OC(=O)C(CC(C)(C)C)NC(=O)OCC1c2ccccc2-c2ccccc21. The first-order valence-electron chi connectivity index (χ1n) is 17.2. The zero-order chi connectivity index (χ0) is 36.5. The van der Waals surface area contributed by atoms with Gasteiger partial charge >= 0.3 is 18.0 Å². The molecular weight excluding hydrogens is 630 g/mol. The van der Waals surface area contributed by atoms with Crippen molar-refractivity contribution in [1.82, 2.24) is 5.32 Å². The lowest BCUT2D eigenvalue weighted by atomic mass is 9.88. The van der Waals surface area contributed by atoms with Gasteiger partial charge in [0.25, 0.3) is 0 Å². The standard InChI is InChI=1S/C42H51NO7/c1-28(19-20-29-21-23-30(26-44)24-22-29)37(17-12-18-38(45)50-42(5,6)7)49-39(46)36(25-41(2,3)4)43-40(47)48-27-35-33-15-10-8-13-31(33)32-14-9-11-16-34(32)35/h8-16,18-24,28,35-37,44H,17,25-27H2,1-7H3,(H,43,47)/b18-12+,20-19+/t28-,36?,37+/m1/s1. The van der Waals surface area contributed by atoms with Crippen molar-refractivity contribution in [2.45, 2.75) is 91.6 Å². The number of fused-ring (bicyclic) bond motifs is 3. The predicted octanol–water partition coefficient (Wildman–Crippen LogP) is 8.37. The van der Waals surface area contributed by atoms with Crippen LogP contribution in [0.15, 0.2) is 91.0 Å². The molecule has 0 aliphatic heterocycles.